The summed E-state index contributed by atoms with van der Waals surface area (Å²) in [5.74, 6) is -0.818. The molecule has 0 fully saturated rings. The fourth-order valence-electron chi connectivity index (χ4n) is 3.37. The van der Waals surface area contributed by atoms with Crippen molar-refractivity contribution in [1.29, 1.82) is 0 Å². The van der Waals surface area contributed by atoms with E-state index in [9.17, 15) is 14.7 Å². The zero-order chi connectivity index (χ0) is 20.4. The molecule has 1 aliphatic rings. The van der Waals surface area contributed by atoms with E-state index in [0.717, 1.165) is 5.56 Å². The third kappa shape index (κ3) is 3.88. The smallest absolute Gasteiger partial charge is 0.290 e. The van der Waals surface area contributed by atoms with Gasteiger partial charge < -0.3 is 14.9 Å². The third-order valence-electron chi connectivity index (χ3n) is 5.00. The molecule has 1 N–H and O–H groups in total. The number of Topliss-reactive ketones (excluding diaryl/α,β-unsaturated/α-hetero) is 1. The van der Waals surface area contributed by atoms with Crippen LogP contribution in [0.4, 0.5) is 0 Å². The van der Waals surface area contributed by atoms with Gasteiger partial charge in [-0.05, 0) is 42.6 Å². The molecule has 28 heavy (non-hydrogen) atoms. The SMILES string of the molecule is CC(C)c1ccc([C@H]2C(C(=O)c3cccs3)=C(O)C(=O)N2CCN(C)C)cc1. The minimum absolute atomic E-state index is 0.170. The Morgan fingerprint density at radius 1 is 1.21 bits per heavy atom. The number of hydrogen-bond donors (Lipinski definition) is 1. The summed E-state index contributed by atoms with van der Waals surface area (Å²) in [6.45, 7) is 5.30. The predicted octanol–water partition coefficient (Wildman–Crippen LogP) is 4.01. The van der Waals surface area contributed by atoms with Gasteiger partial charge in [-0.25, -0.2) is 0 Å². The minimum atomic E-state index is -0.580. The number of hydrogen-bond acceptors (Lipinski definition) is 5. The van der Waals surface area contributed by atoms with Crippen molar-refractivity contribution < 1.29 is 14.7 Å². The first kappa shape index (κ1) is 20.3. The lowest BCUT2D eigenvalue weighted by Crippen LogP contribution is -2.36. The number of aliphatic hydroxyl groups is 1. The second kappa shape index (κ2) is 8.29. The van der Waals surface area contributed by atoms with Gasteiger partial charge in [-0.15, -0.1) is 11.3 Å². The van der Waals surface area contributed by atoms with Crippen molar-refractivity contribution in [2.75, 3.05) is 27.2 Å². The van der Waals surface area contributed by atoms with Gasteiger partial charge in [-0.1, -0.05) is 44.2 Å². The third-order valence-corrected chi connectivity index (χ3v) is 5.87. The Labute approximate surface area is 169 Å². The molecule has 0 aliphatic carbocycles. The summed E-state index contributed by atoms with van der Waals surface area (Å²) in [6, 6.07) is 10.9. The van der Waals surface area contributed by atoms with Crippen LogP contribution in [0.2, 0.25) is 0 Å². The summed E-state index contributed by atoms with van der Waals surface area (Å²) < 4.78 is 0. The molecule has 1 aromatic heterocycles. The van der Waals surface area contributed by atoms with E-state index in [1.807, 2.05) is 48.6 Å². The van der Waals surface area contributed by atoms with E-state index >= 15 is 0 Å². The zero-order valence-corrected chi connectivity index (χ0v) is 17.5. The predicted molar refractivity (Wildman–Crippen MR) is 112 cm³/mol. The number of benzene rings is 1. The zero-order valence-electron chi connectivity index (χ0n) is 16.7. The first-order chi connectivity index (χ1) is 13.3. The molecule has 1 amide bonds. The molecule has 0 saturated carbocycles. The molecule has 2 heterocycles. The summed E-state index contributed by atoms with van der Waals surface area (Å²) in [6.07, 6.45) is 0. The van der Waals surface area contributed by atoms with Crippen molar-refractivity contribution in [2.45, 2.75) is 25.8 Å². The number of rotatable bonds is 7. The van der Waals surface area contributed by atoms with Gasteiger partial charge in [0.1, 0.15) is 0 Å². The van der Waals surface area contributed by atoms with Crippen molar-refractivity contribution in [3.05, 3.63) is 69.1 Å². The van der Waals surface area contributed by atoms with Crippen LogP contribution in [0.15, 0.2) is 53.1 Å². The van der Waals surface area contributed by atoms with Crippen LogP contribution in [0.5, 0.6) is 0 Å². The van der Waals surface area contributed by atoms with Crippen molar-refractivity contribution in [3.63, 3.8) is 0 Å². The van der Waals surface area contributed by atoms with Gasteiger partial charge in [-0.2, -0.15) is 0 Å². The number of ketones is 1. The van der Waals surface area contributed by atoms with Gasteiger partial charge >= 0.3 is 0 Å². The fraction of sp³-hybridized carbons (Fsp3) is 0.364. The number of aliphatic hydroxyl groups excluding tert-OH is 1. The molecular formula is C22H26N2O3S. The number of nitrogens with zero attached hydrogens (tertiary/aromatic N) is 2. The van der Waals surface area contributed by atoms with Gasteiger partial charge in [0, 0.05) is 13.1 Å². The molecule has 0 bridgehead atoms. The van der Waals surface area contributed by atoms with Crippen LogP contribution in [-0.4, -0.2) is 53.8 Å². The molecule has 5 nitrogen and oxygen atoms in total. The molecule has 1 aliphatic heterocycles. The lowest BCUT2D eigenvalue weighted by atomic mass is 9.93. The Morgan fingerprint density at radius 3 is 2.43 bits per heavy atom. The second-order valence-electron chi connectivity index (χ2n) is 7.59. The van der Waals surface area contributed by atoms with Gasteiger partial charge in [0.25, 0.3) is 5.91 Å². The monoisotopic (exact) mass is 398 g/mol. The largest absolute Gasteiger partial charge is 0.503 e. The summed E-state index contributed by atoms with van der Waals surface area (Å²) in [5, 5.41) is 12.4. The molecule has 6 heteroatoms. The van der Waals surface area contributed by atoms with Crippen molar-refractivity contribution in [2.24, 2.45) is 0 Å². The van der Waals surface area contributed by atoms with Crippen LogP contribution in [0.1, 0.15) is 46.6 Å². The van der Waals surface area contributed by atoms with Crippen LogP contribution in [0, 0.1) is 0 Å². The van der Waals surface area contributed by atoms with E-state index in [2.05, 4.69) is 13.8 Å². The van der Waals surface area contributed by atoms with Gasteiger partial charge in [0.2, 0.25) is 5.78 Å². The Bertz CT molecular complexity index is 883. The number of carbonyl (C=O) groups excluding carboxylic acids is 2. The van der Waals surface area contributed by atoms with E-state index in [1.165, 1.54) is 16.9 Å². The molecule has 2 aromatic rings. The highest BCUT2D eigenvalue weighted by Crippen LogP contribution is 2.39. The maximum atomic E-state index is 13.1. The van der Waals surface area contributed by atoms with Crippen molar-refractivity contribution in [3.8, 4) is 0 Å². The average Bonchev–Trinajstić information content (AvgIpc) is 3.28. The van der Waals surface area contributed by atoms with Crippen LogP contribution in [0.25, 0.3) is 0 Å². The lowest BCUT2D eigenvalue weighted by molar-refractivity contribution is -0.129. The minimum Gasteiger partial charge on any atom is -0.503 e. The quantitative estimate of drug-likeness (QED) is 0.716. The molecule has 148 valence electrons. The number of carbonyl (C=O) groups is 2. The molecule has 1 aromatic carbocycles. The lowest BCUT2D eigenvalue weighted by Gasteiger charge is -2.28. The van der Waals surface area contributed by atoms with E-state index < -0.39 is 17.7 Å². The molecule has 0 radical (unpaired) electrons. The molecule has 0 unspecified atom stereocenters. The average molecular weight is 399 g/mol. The normalized spacial score (nSPS) is 17.3. The summed E-state index contributed by atoms with van der Waals surface area (Å²) in [5.41, 5.74) is 2.19. The van der Waals surface area contributed by atoms with Crippen LogP contribution >= 0.6 is 11.3 Å². The summed E-state index contributed by atoms with van der Waals surface area (Å²) in [4.78, 5) is 30.0. The highest BCUT2D eigenvalue weighted by molar-refractivity contribution is 7.12. The highest BCUT2D eigenvalue weighted by atomic mass is 32.1. The van der Waals surface area contributed by atoms with E-state index in [1.54, 1.807) is 17.0 Å². The first-order valence-corrected chi connectivity index (χ1v) is 10.3. The Balaban J connectivity index is 2.04. The van der Waals surface area contributed by atoms with E-state index in [4.69, 9.17) is 0 Å². The van der Waals surface area contributed by atoms with Gasteiger partial charge in [-0.3, -0.25) is 9.59 Å². The molecule has 0 saturated heterocycles. The van der Waals surface area contributed by atoms with Crippen LogP contribution in [-0.2, 0) is 4.79 Å². The highest BCUT2D eigenvalue weighted by Gasteiger charge is 2.43. The molecular weight excluding hydrogens is 372 g/mol. The standard InChI is InChI=1S/C22H26N2O3S/c1-14(2)15-7-9-16(10-8-15)19-18(20(25)17-6-5-13-28-17)21(26)22(27)24(19)12-11-23(3)4/h5-10,13-14,19,26H,11-12H2,1-4H3/t19-/m0/s1. The van der Waals surface area contributed by atoms with E-state index in [0.29, 0.717) is 23.9 Å². The Morgan fingerprint density at radius 2 is 1.89 bits per heavy atom. The number of amides is 1. The van der Waals surface area contributed by atoms with Crippen molar-refractivity contribution in [1.82, 2.24) is 9.80 Å². The van der Waals surface area contributed by atoms with Gasteiger partial charge in [0.05, 0.1) is 16.5 Å². The van der Waals surface area contributed by atoms with Crippen LogP contribution < -0.4 is 0 Å². The summed E-state index contributed by atoms with van der Waals surface area (Å²) >= 11 is 1.31. The Hall–Kier alpha value is -2.44. The van der Waals surface area contributed by atoms with Crippen LogP contribution in [0.3, 0.4) is 0 Å². The second-order valence-corrected chi connectivity index (χ2v) is 8.54. The maximum Gasteiger partial charge on any atom is 0.290 e. The Kier molecular flexibility index (Phi) is 6.01. The fourth-order valence-corrected chi connectivity index (χ4v) is 4.05. The number of thiophene rings is 1. The van der Waals surface area contributed by atoms with E-state index in [-0.39, 0.29) is 11.4 Å². The molecule has 1 atom stereocenters. The molecule has 3 rings (SSSR count). The topological polar surface area (TPSA) is 60.9 Å². The van der Waals surface area contributed by atoms with Crippen molar-refractivity contribution >= 4 is 23.0 Å². The molecule has 0 spiro atoms. The maximum absolute atomic E-state index is 13.1. The number of likely N-dealkylation sites (N-methyl/N-ethyl adjacent to an activating group) is 1. The first-order valence-electron chi connectivity index (χ1n) is 9.38. The summed E-state index contributed by atoms with van der Waals surface area (Å²) in [7, 11) is 3.86. The van der Waals surface area contributed by atoms with Gasteiger partial charge in [0.15, 0.2) is 5.76 Å².